The maximum Gasteiger partial charge on any atom is 0.316 e. The van der Waals surface area contributed by atoms with Crippen LogP contribution in [0.5, 0.6) is 0 Å². The molecule has 1 fully saturated rings. The van der Waals surface area contributed by atoms with Crippen molar-refractivity contribution in [2.75, 3.05) is 18.4 Å². The van der Waals surface area contributed by atoms with Gasteiger partial charge in [0.05, 0.1) is 15.8 Å². The fourth-order valence-electron chi connectivity index (χ4n) is 3.23. The van der Waals surface area contributed by atoms with Crippen molar-refractivity contribution in [1.29, 1.82) is 0 Å². The minimum absolute atomic E-state index is 0.0266. The molecular formula is C20H26N4O4S2. The Kier molecular flexibility index (Phi) is 6.79. The number of carbonyl (C=O) groups is 2. The van der Waals surface area contributed by atoms with E-state index in [9.17, 15) is 18.0 Å². The molecule has 1 aliphatic heterocycles. The summed E-state index contributed by atoms with van der Waals surface area (Å²) < 4.78 is 24.6. The van der Waals surface area contributed by atoms with Crippen molar-refractivity contribution >= 4 is 38.8 Å². The molecule has 1 aromatic heterocycles. The van der Waals surface area contributed by atoms with Crippen LogP contribution in [0.4, 0.5) is 10.5 Å². The van der Waals surface area contributed by atoms with Gasteiger partial charge in [-0.1, -0.05) is 12.1 Å². The molecule has 2 aromatic rings. The number of piperidine rings is 1. The lowest BCUT2D eigenvalue weighted by molar-refractivity contribution is 0.0935. The van der Waals surface area contributed by atoms with E-state index in [0.29, 0.717) is 17.1 Å². The molecule has 162 valence electrons. The number of hydrogen-bond acceptors (Lipinski definition) is 6. The van der Waals surface area contributed by atoms with Gasteiger partial charge in [-0.25, -0.2) is 13.2 Å². The number of thiophene rings is 1. The number of urea groups is 1. The number of sulfone groups is 1. The van der Waals surface area contributed by atoms with Crippen LogP contribution >= 0.6 is 11.3 Å². The van der Waals surface area contributed by atoms with Gasteiger partial charge in [-0.05, 0) is 57.0 Å². The zero-order valence-corrected chi connectivity index (χ0v) is 18.5. The quantitative estimate of drug-likeness (QED) is 0.537. The van der Waals surface area contributed by atoms with Crippen LogP contribution in [0, 0.1) is 0 Å². The highest BCUT2D eigenvalue weighted by molar-refractivity contribution is 7.92. The molecule has 0 aliphatic carbocycles. The zero-order chi connectivity index (χ0) is 21.9. The van der Waals surface area contributed by atoms with E-state index < -0.39 is 21.1 Å². The Morgan fingerprint density at radius 2 is 1.93 bits per heavy atom. The lowest BCUT2D eigenvalue weighted by Gasteiger charge is -2.23. The molecule has 1 aliphatic rings. The van der Waals surface area contributed by atoms with Crippen LogP contribution < -0.4 is 21.7 Å². The molecule has 30 heavy (non-hydrogen) atoms. The number of carbonyl (C=O) groups excluding carboxylic acids is 2. The van der Waals surface area contributed by atoms with E-state index in [1.54, 1.807) is 44.2 Å². The van der Waals surface area contributed by atoms with Crippen molar-refractivity contribution in [2.45, 2.75) is 42.9 Å². The van der Waals surface area contributed by atoms with E-state index in [1.807, 2.05) is 0 Å². The topological polar surface area (TPSA) is 130 Å². The molecular weight excluding hydrogens is 424 g/mol. The van der Waals surface area contributed by atoms with Crippen LogP contribution in [0.15, 0.2) is 35.2 Å². The highest BCUT2D eigenvalue weighted by atomic mass is 32.2. The number of nitrogens with two attached hydrogens (primary N) is 1. The molecule has 0 spiro atoms. The zero-order valence-electron chi connectivity index (χ0n) is 16.9. The normalized spacial score (nSPS) is 17.0. The van der Waals surface area contributed by atoms with Gasteiger partial charge in [-0.15, -0.1) is 11.3 Å². The minimum Gasteiger partial charge on any atom is -0.351 e. The van der Waals surface area contributed by atoms with Gasteiger partial charge in [-0.2, -0.15) is 0 Å². The van der Waals surface area contributed by atoms with Crippen molar-refractivity contribution in [3.05, 3.63) is 35.2 Å². The third-order valence-electron chi connectivity index (χ3n) is 4.92. The van der Waals surface area contributed by atoms with E-state index in [-0.39, 0.29) is 16.8 Å². The first-order valence-electron chi connectivity index (χ1n) is 9.74. The second-order valence-electron chi connectivity index (χ2n) is 7.48. The number of rotatable bonds is 6. The smallest absolute Gasteiger partial charge is 0.316 e. The third kappa shape index (κ3) is 5.00. The molecule has 3 rings (SSSR count). The van der Waals surface area contributed by atoms with Gasteiger partial charge in [0.1, 0.15) is 4.88 Å². The van der Waals surface area contributed by atoms with Crippen molar-refractivity contribution in [3.63, 3.8) is 0 Å². The first kappa shape index (κ1) is 22.3. The Morgan fingerprint density at radius 3 is 2.50 bits per heavy atom. The second kappa shape index (κ2) is 9.15. The maximum atomic E-state index is 12.8. The molecule has 10 heteroatoms. The third-order valence-corrected chi connectivity index (χ3v) is 8.27. The van der Waals surface area contributed by atoms with E-state index in [2.05, 4.69) is 16.0 Å². The highest BCUT2D eigenvalue weighted by Crippen LogP contribution is 2.35. The number of anilines is 1. The van der Waals surface area contributed by atoms with Crippen molar-refractivity contribution in [1.82, 2.24) is 10.6 Å². The summed E-state index contributed by atoms with van der Waals surface area (Å²) in [7, 11) is -3.36. The summed E-state index contributed by atoms with van der Waals surface area (Å²) in [4.78, 5) is 25.5. The predicted molar refractivity (Wildman–Crippen MR) is 119 cm³/mol. The van der Waals surface area contributed by atoms with Crippen molar-refractivity contribution in [2.24, 2.45) is 5.73 Å². The number of benzene rings is 1. The Morgan fingerprint density at radius 1 is 1.23 bits per heavy atom. The fraction of sp³-hybridized carbons (Fsp3) is 0.400. The Hall–Kier alpha value is -2.43. The summed E-state index contributed by atoms with van der Waals surface area (Å²) in [5, 5.41) is 8.23. The van der Waals surface area contributed by atoms with E-state index in [1.165, 1.54) is 11.3 Å². The van der Waals surface area contributed by atoms with Gasteiger partial charge in [0.2, 0.25) is 0 Å². The monoisotopic (exact) mass is 450 g/mol. The van der Waals surface area contributed by atoms with Crippen molar-refractivity contribution in [3.8, 4) is 10.4 Å². The summed E-state index contributed by atoms with van der Waals surface area (Å²) in [6, 6.07) is 7.45. The standard InChI is InChI=1S/C20H26N4O4S2/c1-12(2)30(27,28)15-7-5-13(6-8-15)17-10-16(24-20(21)26)18(29-17)19(25)23-14-4-3-9-22-11-14/h5-8,10,12,14,22H,3-4,9,11H2,1-2H3,(H,23,25)(H3,21,24,26)/t14-/m0/s1. The first-order valence-corrected chi connectivity index (χ1v) is 12.1. The van der Waals surface area contributed by atoms with Crippen LogP contribution in [-0.4, -0.2) is 44.7 Å². The molecule has 0 bridgehead atoms. The molecule has 1 aromatic carbocycles. The number of amides is 3. The lowest BCUT2D eigenvalue weighted by Crippen LogP contribution is -2.45. The second-order valence-corrected chi connectivity index (χ2v) is 11.0. The lowest BCUT2D eigenvalue weighted by atomic mass is 10.1. The molecule has 8 nitrogen and oxygen atoms in total. The Balaban J connectivity index is 1.88. The van der Waals surface area contributed by atoms with Gasteiger partial charge >= 0.3 is 6.03 Å². The van der Waals surface area contributed by atoms with Crippen LogP contribution in [0.3, 0.4) is 0 Å². The highest BCUT2D eigenvalue weighted by Gasteiger charge is 2.23. The van der Waals surface area contributed by atoms with E-state index >= 15 is 0 Å². The summed E-state index contributed by atoms with van der Waals surface area (Å²) >= 11 is 1.22. The largest absolute Gasteiger partial charge is 0.351 e. The number of primary amides is 1. The Labute approximate surface area is 180 Å². The number of hydrogen-bond donors (Lipinski definition) is 4. The predicted octanol–water partition coefficient (Wildman–Crippen LogP) is 2.57. The van der Waals surface area contributed by atoms with Gasteiger partial charge in [-0.3, -0.25) is 4.79 Å². The summed E-state index contributed by atoms with van der Waals surface area (Å²) in [6.07, 6.45) is 1.88. The number of nitrogens with one attached hydrogen (secondary N) is 3. The molecule has 5 N–H and O–H groups in total. The maximum absolute atomic E-state index is 12.8. The van der Waals surface area contributed by atoms with Gasteiger partial charge in [0, 0.05) is 17.5 Å². The molecule has 0 radical (unpaired) electrons. The van der Waals surface area contributed by atoms with Crippen LogP contribution in [0.25, 0.3) is 10.4 Å². The molecule has 3 amide bonds. The van der Waals surface area contributed by atoms with Crippen molar-refractivity contribution < 1.29 is 18.0 Å². The van der Waals surface area contributed by atoms with E-state index in [4.69, 9.17) is 5.73 Å². The summed E-state index contributed by atoms with van der Waals surface area (Å²) in [5.74, 6) is -0.275. The molecule has 2 heterocycles. The minimum atomic E-state index is -3.36. The van der Waals surface area contributed by atoms with Crippen LogP contribution in [-0.2, 0) is 9.84 Å². The molecule has 1 saturated heterocycles. The average Bonchev–Trinajstić information content (AvgIpc) is 3.12. The van der Waals surface area contributed by atoms with E-state index in [0.717, 1.165) is 29.8 Å². The molecule has 0 saturated carbocycles. The molecule has 0 unspecified atom stereocenters. The van der Waals surface area contributed by atoms with Gasteiger partial charge in [0.15, 0.2) is 9.84 Å². The SMILES string of the molecule is CC(C)S(=O)(=O)c1ccc(-c2cc(NC(N)=O)c(C(=O)N[C@H]3CCCNC3)s2)cc1. The van der Waals surface area contributed by atoms with Gasteiger partial charge in [0.25, 0.3) is 5.91 Å². The molecule has 1 atom stereocenters. The Bertz CT molecular complexity index is 1020. The average molecular weight is 451 g/mol. The summed E-state index contributed by atoms with van der Waals surface area (Å²) in [5.41, 5.74) is 6.35. The summed E-state index contributed by atoms with van der Waals surface area (Å²) in [6.45, 7) is 4.91. The van der Waals surface area contributed by atoms with Gasteiger partial charge < -0.3 is 21.7 Å². The first-order chi connectivity index (χ1) is 14.2. The van der Waals surface area contributed by atoms with Crippen LogP contribution in [0.2, 0.25) is 0 Å². The fourth-order valence-corrected chi connectivity index (χ4v) is 5.32. The van der Waals surface area contributed by atoms with Crippen LogP contribution in [0.1, 0.15) is 36.4 Å².